The summed E-state index contributed by atoms with van der Waals surface area (Å²) in [5.41, 5.74) is 5.59. The minimum absolute atomic E-state index is 0.0272. The summed E-state index contributed by atoms with van der Waals surface area (Å²) in [6.07, 6.45) is 0. The molecule has 0 spiro atoms. The zero-order valence-electron chi connectivity index (χ0n) is 10.4. The lowest BCUT2D eigenvalue weighted by Crippen LogP contribution is -2.17. The van der Waals surface area contributed by atoms with Crippen LogP contribution in [-0.4, -0.2) is 13.4 Å². The van der Waals surface area contributed by atoms with E-state index in [4.69, 9.17) is 5.73 Å². The first-order valence-corrected chi connectivity index (χ1v) is 6.99. The monoisotopic (exact) mass is 299 g/mol. The number of aromatic nitrogens is 1. The number of sulfonamides is 1. The molecule has 0 aliphatic heterocycles. The average Bonchev–Trinajstić information content (AvgIpc) is 2.25. The lowest BCUT2D eigenvalue weighted by molar-refractivity contribution is 0.522. The molecule has 0 aliphatic carbocycles. The number of hydrogen-bond donors (Lipinski definition) is 2. The number of nitrogens with one attached hydrogen (secondary N) is 1. The molecule has 2 aromatic rings. The van der Waals surface area contributed by atoms with Crippen molar-refractivity contribution in [3.8, 4) is 0 Å². The van der Waals surface area contributed by atoms with Crippen LogP contribution in [0.2, 0.25) is 0 Å². The molecule has 20 heavy (non-hydrogen) atoms. The number of halogens is 2. The van der Waals surface area contributed by atoms with E-state index in [0.717, 1.165) is 12.1 Å². The standard InChI is InChI=1S/C12H11F2N3O2S/c1-7-3-2-4-11(16-7)17-20(18,19)12-9(13)5-8(15)6-10(12)14/h2-6H,15H2,1H3,(H,16,17). The van der Waals surface area contributed by atoms with E-state index < -0.39 is 26.6 Å². The molecule has 0 saturated carbocycles. The fourth-order valence-corrected chi connectivity index (χ4v) is 2.75. The Balaban J connectivity index is 2.46. The van der Waals surface area contributed by atoms with Crippen LogP contribution in [0.5, 0.6) is 0 Å². The van der Waals surface area contributed by atoms with E-state index in [9.17, 15) is 17.2 Å². The van der Waals surface area contributed by atoms with Crippen LogP contribution in [0.4, 0.5) is 20.3 Å². The van der Waals surface area contributed by atoms with Crippen molar-refractivity contribution in [3.63, 3.8) is 0 Å². The van der Waals surface area contributed by atoms with Crippen molar-refractivity contribution < 1.29 is 17.2 Å². The Labute approximate surface area is 114 Å². The van der Waals surface area contributed by atoms with Gasteiger partial charge in [0.1, 0.15) is 17.5 Å². The number of anilines is 2. The van der Waals surface area contributed by atoms with Crippen LogP contribution >= 0.6 is 0 Å². The predicted octanol–water partition coefficient (Wildman–Crippen LogP) is 2.05. The van der Waals surface area contributed by atoms with E-state index in [-0.39, 0.29) is 11.5 Å². The molecule has 0 amide bonds. The molecule has 0 radical (unpaired) electrons. The zero-order chi connectivity index (χ0) is 14.9. The highest BCUT2D eigenvalue weighted by Crippen LogP contribution is 2.23. The first-order valence-electron chi connectivity index (χ1n) is 5.50. The number of nitrogens with zero attached hydrogens (tertiary/aromatic N) is 1. The Morgan fingerprint density at radius 2 is 1.80 bits per heavy atom. The predicted molar refractivity (Wildman–Crippen MR) is 70.6 cm³/mol. The summed E-state index contributed by atoms with van der Waals surface area (Å²) in [7, 11) is -4.43. The Kier molecular flexibility index (Phi) is 3.58. The minimum atomic E-state index is -4.43. The summed E-state index contributed by atoms with van der Waals surface area (Å²) in [4.78, 5) is 2.81. The molecule has 1 aromatic carbocycles. The second kappa shape index (κ2) is 5.04. The van der Waals surface area contributed by atoms with Crippen LogP contribution < -0.4 is 10.5 Å². The van der Waals surface area contributed by atoms with Gasteiger partial charge in [0.2, 0.25) is 0 Å². The van der Waals surface area contributed by atoms with Gasteiger partial charge >= 0.3 is 0 Å². The van der Waals surface area contributed by atoms with Gasteiger partial charge in [0.15, 0.2) is 4.90 Å². The highest BCUT2D eigenvalue weighted by atomic mass is 32.2. The Morgan fingerprint density at radius 1 is 1.20 bits per heavy atom. The van der Waals surface area contributed by atoms with Crippen molar-refractivity contribution in [3.05, 3.63) is 47.7 Å². The maximum Gasteiger partial charge on any atom is 0.268 e. The van der Waals surface area contributed by atoms with E-state index in [2.05, 4.69) is 4.98 Å². The zero-order valence-corrected chi connectivity index (χ0v) is 11.2. The Bertz CT molecular complexity index is 740. The van der Waals surface area contributed by atoms with E-state index in [1.807, 2.05) is 4.72 Å². The number of aryl methyl sites for hydroxylation is 1. The third-order valence-corrected chi connectivity index (χ3v) is 3.82. The van der Waals surface area contributed by atoms with E-state index in [0.29, 0.717) is 5.69 Å². The smallest absolute Gasteiger partial charge is 0.268 e. The number of pyridine rings is 1. The summed E-state index contributed by atoms with van der Waals surface area (Å²) < 4.78 is 53.3. The van der Waals surface area contributed by atoms with Crippen molar-refractivity contribution in [2.24, 2.45) is 0 Å². The van der Waals surface area contributed by atoms with Gasteiger partial charge in [-0.2, -0.15) is 0 Å². The van der Waals surface area contributed by atoms with Crippen LogP contribution in [0, 0.1) is 18.6 Å². The van der Waals surface area contributed by atoms with Gasteiger partial charge in [0.05, 0.1) is 0 Å². The molecule has 106 valence electrons. The first-order chi connectivity index (χ1) is 9.29. The number of rotatable bonds is 3. The van der Waals surface area contributed by atoms with Gasteiger partial charge in [-0.25, -0.2) is 22.2 Å². The fraction of sp³-hybridized carbons (Fsp3) is 0.0833. The minimum Gasteiger partial charge on any atom is -0.399 e. The van der Waals surface area contributed by atoms with E-state index in [1.165, 1.54) is 6.07 Å². The average molecular weight is 299 g/mol. The van der Waals surface area contributed by atoms with Crippen molar-refractivity contribution in [1.82, 2.24) is 4.98 Å². The third kappa shape index (κ3) is 2.85. The molecule has 1 aromatic heterocycles. The molecule has 0 saturated heterocycles. The number of hydrogen-bond acceptors (Lipinski definition) is 4. The molecule has 3 N–H and O–H groups in total. The lowest BCUT2D eigenvalue weighted by atomic mass is 10.3. The van der Waals surface area contributed by atoms with Gasteiger partial charge in [-0.15, -0.1) is 0 Å². The third-order valence-electron chi connectivity index (χ3n) is 2.42. The van der Waals surface area contributed by atoms with E-state index in [1.54, 1.807) is 19.1 Å². The number of nitrogens with two attached hydrogens (primary N) is 1. The molecule has 2 rings (SSSR count). The molecular weight excluding hydrogens is 288 g/mol. The quantitative estimate of drug-likeness (QED) is 0.849. The SMILES string of the molecule is Cc1cccc(NS(=O)(=O)c2c(F)cc(N)cc2F)n1. The van der Waals surface area contributed by atoms with Gasteiger partial charge in [-0.1, -0.05) is 6.07 Å². The van der Waals surface area contributed by atoms with Crippen LogP contribution in [0.1, 0.15) is 5.69 Å². The number of benzene rings is 1. The van der Waals surface area contributed by atoms with Crippen molar-refractivity contribution in [1.29, 1.82) is 0 Å². The van der Waals surface area contributed by atoms with Crippen LogP contribution in [-0.2, 0) is 10.0 Å². The van der Waals surface area contributed by atoms with Gasteiger partial charge in [0.25, 0.3) is 10.0 Å². The van der Waals surface area contributed by atoms with Crippen LogP contribution in [0.3, 0.4) is 0 Å². The topological polar surface area (TPSA) is 85.1 Å². The summed E-state index contributed by atoms with van der Waals surface area (Å²) in [5, 5.41) is 0. The van der Waals surface area contributed by atoms with Crippen LogP contribution in [0.25, 0.3) is 0 Å². The van der Waals surface area contributed by atoms with E-state index >= 15 is 0 Å². The first kappa shape index (κ1) is 14.2. The summed E-state index contributed by atoms with van der Waals surface area (Å²) in [6, 6.07) is 6.07. The molecule has 0 atom stereocenters. The summed E-state index contributed by atoms with van der Waals surface area (Å²) >= 11 is 0. The highest BCUT2D eigenvalue weighted by Gasteiger charge is 2.25. The molecule has 0 unspecified atom stereocenters. The maximum absolute atomic E-state index is 13.6. The summed E-state index contributed by atoms with van der Waals surface area (Å²) in [6.45, 7) is 1.65. The molecule has 0 fully saturated rings. The van der Waals surface area contributed by atoms with Crippen molar-refractivity contribution in [2.45, 2.75) is 11.8 Å². The second-order valence-electron chi connectivity index (χ2n) is 4.08. The highest BCUT2D eigenvalue weighted by molar-refractivity contribution is 7.92. The molecule has 5 nitrogen and oxygen atoms in total. The maximum atomic E-state index is 13.6. The Hall–Kier alpha value is -2.22. The molecule has 0 bridgehead atoms. The van der Waals surface area contributed by atoms with Crippen LogP contribution in [0.15, 0.2) is 35.2 Å². The summed E-state index contributed by atoms with van der Waals surface area (Å²) in [5.74, 6) is -2.55. The lowest BCUT2D eigenvalue weighted by Gasteiger charge is -2.10. The molecule has 1 heterocycles. The largest absolute Gasteiger partial charge is 0.399 e. The van der Waals surface area contributed by atoms with Crippen molar-refractivity contribution >= 4 is 21.5 Å². The van der Waals surface area contributed by atoms with Gasteiger partial charge in [0, 0.05) is 11.4 Å². The van der Waals surface area contributed by atoms with Gasteiger partial charge < -0.3 is 5.73 Å². The van der Waals surface area contributed by atoms with Gasteiger partial charge in [-0.3, -0.25) is 4.72 Å². The normalized spacial score (nSPS) is 11.3. The second-order valence-corrected chi connectivity index (χ2v) is 5.70. The number of nitrogen functional groups attached to an aromatic ring is 1. The van der Waals surface area contributed by atoms with Gasteiger partial charge in [-0.05, 0) is 31.2 Å². The Morgan fingerprint density at radius 3 is 2.35 bits per heavy atom. The molecule has 0 aliphatic rings. The fourth-order valence-electron chi connectivity index (χ4n) is 1.62. The van der Waals surface area contributed by atoms with Crippen molar-refractivity contribution in [2.75, 3.05) is 10.5 Å². The molecule has 8 heteroatoms. The molecular formula is C12H11F2N3O2S.